The van der Waals surface area contributed by atoms with E-state index in [2.05, 4.69) is 0 Å². The van der Waals surface area contributed by atoms with Gasteiger partial charge in [0, 0.05) is 21.1 Å². The van der Waals surface area contributed by atoms with E-state index in [1.165, 1.54) is 0 Å². The Hall–Kier alpha value is 2.19. The minimum atomic E-state index is 0. The third-order valence-electron chi connectivity index (χ3n) is 0. The van der Waals surface area contributed by atoms with Crippen molar-refractivity contribution in [2.45, 2.75) is 0 Å². The molecule has 0 aliphatic rings. The molecule has 0 aromatic rings. The van der Waals surface area contributed by atoms with Crippen LogP contribution in [0, 0.1) is 0 Å². The molecular formula is H18Cl6N6Pt-6. The number of halogens is 6. The standard InChI is InChI=1S/6ClH.6H3N.Pt/h6*1H;6*1H3;/p-6. The van der Waals surface area contributed by atoms with Crippen LogP contribution in [-0.2, 0) is 21.1 Å². The van der Waals surface area contributed by atoms with Gasteiger partial charge in [-0.3, -0.25) is 0 Å². The van der Waals surface area contributed by atoms with E-state index in [-0.39, 0.29) is 132 Å². The Morgan fingerprint density at radius 1 is 0.231 bits per heavy atom. The largest absolute Gasteiger partial charge is 1.00 e. The van der Waals surface area contributed by atoms with Gasteiger partial charge in [-0.05, 0) is 0 Å². The summed E-state index contributed by atoms with van der Waals surface area (Å²) >= 11 is 0. The maximum absolute atomic E-state index is 0. The monoisotopic (exact) mass is 507 g/mol. The number of hydrogen-bond donors (Lipinski definition) is 6. The summed E-state index contributed by atoms with van der Waals surface area (Å²) in [6.45, 7) is 0. The van der Waals surface area contributed by atoms with E-state index >= 15 is 0 Å². The smallest absolute Gasteiger partial charge is 0 e. The first-order valence-electron chi connectivity index (χ1n) is 0. The third kappa shape index (κ3) is 440. The van der Waals surface area contributed by atoms with E-state index < -0.39 is 0 Å². The normalized spacial score (nSPS) is 0. The molecule has 0 radical (unpaired) electrons. The summed E-state index contributed by atoms with van der Waals surface area (Å²) in [6.07, 6.45) is 0. The van der Waals surface area contributed by atoms with Crippen molar-refractivity contribution in [3.8, 4) is 0 Å². The van der Waals surface area contributed by atoms with Crippen LogP contribution in [0.1, 0.15) is 0 Å². The fraction of sp³-hybridized carbons (Fsp3) is 0. The Bertz CT molecular complexity index is 17.1. The molecule has 106 valence electrons. The Morgan fingerprint density at radius 3 is 0.231 bits per heavy atom. The molecule has 0 bridgehead atoms. The maximum Gasteiger partial charge on any atom is 0 e. The van der Waals surface area contributed by atoms with Crippen LogP contribution in [-0.4, -0.2) is 0 Å². The van der Waals surface area contributed by atoms with Gasteiger partial charge in [0.15, 0.2) is 0 Å². The first-order chi connectivity index (χ1) is 0. The molecular weight excluding hydrogens is 492 g/mol. The Kier molecular flexibility index (Phi) is 25300. The molecule has 6 nitrogen and oxygen atoms in total. The molecule has 0 amide bonds. The fourth-order valence-electron chi connectivity index (χ4n) is 0. The van der Waals surface area contributed by atoms with Crippen molar-refractivity contribution in [3.05, 3.63) is 0 Å². The summed E-state index contributed by atoms with van der Waals surface area (Å²) in [7, 11) is 0. The number of hydrogen-bond acceptors (Lipinski definition) is 6. The van der Waals surface area contributed by atoms with Crippen LogP contribution in [0.3, 0.4) is 0 Å². The minimum Gasteiger partial charge on any atom is -1.00 e. The van der Waals surface area contributed by atoms with Crippen LogP contribution in [0.2, 0.25) is 0 Å². The summed E-state index contributed by atoms with van der Waals surface area (Å²) in [5.41, 5.74) is 0. The quantitative estimate of drug-likeness (QED) is 0.186. The molecule has 0 aromatic carbocycles. The molecule has 0 aliphatic heterocycles. The van der Waals surface area contributed by atoms with Gasteiger partial charge in [-0.15, -0.1) is 0 Å². The van der Waals surface area contributed by atoms with Gasteiger partial charge in [-0.2, -0.15) is 0 Å². The molecule has 13 heavy (non-hydrogen) atoms. The molecule has 0 saturated carbocycles. The molecule has 0 unspecified atom stereocenters. The first kappa shape index (κ1) is 638. The van der Waals surface area contributed by atoms with Gasteiger partial charge in [-0.1, -0.05) is 0 Å². The first-order valence-corrected chi connectivity index (χ1v) is 0. The number of rotatable bonds is 0. The predicted octanol–water partition coefficient (Wildman–Crippen LogP) is -17.0. The van der Waals surface area contributed by atoms with Crippen molar-refractivity contribution in [1.82, 2.24) is 36.9 Å². The average Bonchev–Trinajstić information content (AvgIpc) is 0. The van der Waals surface area contributed by atoms with Gasteiger partial charge < -0.3 is 111 Å². The molecule has 0 heterocycles. The van der Waals surface area contributed by atoms with Crippen LogP contribution >= 0.6 is 0 Å². The van der Waals surface area contributed by atoms with Crippen molar-refractivity contribution in [2.75, 3.05) is 0 Å². The van der Waals surface area contributed by atoms with Gasteiger partial charge in [0.05, 0.1) is 0 Å². The molecule has 0 spiro atoms. The molecule has 13 heteroatoms. The zero-order valence-corrected chi connectivity index (χ0v) is 13.6. The van der Waals surface area contributed by atoms with Crippen molar-refractivity contribution >= 4 is 0 Å². The zero-order chi connectivity index (χ0) is 0. The Morgan fingerprint density at radius 2 is 0.231 bits per heavy atom. The topological polar surface area (TPSA) is 210 Å². The predicted molar refractivity (Wildman–Crippen MR) is 30.1 cm³/mol. The van der Waals surface area contributed by atoms with Crippen LogP contribution < -0.4 is 111 Å². The van der Waals surface area contributed by atoms with Gasteiger partial charge >= 0.3 is 0 Å². The second-order valence-electron chi connectivity index (χ2n) is 0. The fourth-order valence-corrected chi connectivity index (χ4v) is 0. The summed E-state index contributed by atoms with van der Waals surface area (Å²) in [5, 5.41) is 0. The molecule has 0 fully saturated rings. The second kappa shape index (κ2) is 515. The van der Waals surface area contributed by atoms with Crippen molar-refractivity contribution in [2.24, 2.45) is 0 Å². The van der Waals surface area contributed by atoms with Crippen LogP contribution in [0.5, 0.6) is 0 Å². The van der Waals surface area contributed by atoms with E-state index in [1.807, 2.05) is 0 Å². The Balaban J connectivity index is 0. The van der Waals surface area contributed by atoms with Crippen molar-refractivity contribution in [3.63, 3.8) is 0 Å². The molecule has 0 saturated heterocycles. The van der Waals surface area contributed by atoms with Gasteiger partial charge in [0.1, 0.15) is 0 Å². The minimum absolute atomic E-state index is 0. The van der Waals surface area contributed by atoms with E-state index in [0.717, 1.165) is 0 Å². The van der Waals surface area contributed by atoms with E-state index in [9.17, 15) is 0 Å². The molecule has 0 rings (SSSR count). The van der Waals surface area contributed by atoms with E-state index in [0.29, 0.717) is 0 Å². The van der Waals surface area contributed by atoms with Crippen LogP contribution in [0.15, 0.2) is 0 Å². The molecule has 0 aromatic heterocycles. The van der Waals surface area contributed by atoms with Gasteiger partial charge in [0.2, 0.25) is 0 Å². The van der Waals surface area contributed by atoms with E-state index in [4.69, 9.17) is 0 Å². The maximum atomic E-state index is 0. The zero-order valence-electron chi connectivity index (χ0n) is 6.83. The summed E-state index contributed by atoms with van der Waals surface area (Å²) in [4.78, 5) is 0. The van der Waals surface area contributed by atoms with Crippen molar-refractivity contribution in [1.29, 1.82) is 0 Å². The average molecular weight is 510 g/mol. The molecule has 0 atom stereocenters. The third-order valence-corrected chi connectivity index (χ3v) is 0. The Labute approximate surface area is 131 Å². The summed E-state index contributed by atoms with van der Waals surface area (Å²) in [5.74, 6) is 0. The second-order valence-corrected chi connectivity index (χ2v) is 0. The van der Waals surface area contributed by atoms with Crippen molar-refractivity contribution < 1.29 is 95.5 Å². The summed E-state index contributed by atoms with van der Waals surface area (Å²) < 4.78 is 0. The van der Waals surface area contributed by atoms with Gasteiger partial charge in [-0.25, -0.2) is 0 Å². The van der Waals surface area contributed by atoms with E-state index in [1.54, 1.807) is 0 Å². The van der Waals surface area contributed by atoms with Crippen LogP contribution in [0.4, 0.5) is 0 Å². The SMILES string of the molecule is N.N.N.N.N.N.[Cl-].[Cl-].[Cl-].[Cl-].[Cl-].[Cl-].[Pt]. The summed E-state index contributed by atoms with van der Waals surface area (Å²) in [6, 6.07) is 0. The molecule has 0 aliphatic carbocycles. The van der Waals surface area contributed by atoms with Crippen LogP contribution in [0.25, 0.3) is 0 Å². The van der Waals surface area contributed by atoms with Gasteiger partial charge in [0.25, 0.3) is 0 Å². The molecule has 18 N–H and O–H groups in total.